The highest BCUT2D eigenvalue weighted by Gasteiger charge is 2.47. The maximum atomic E-state index is 16.1. The number of imide groups is 2. The number of rotatable bonds is 12. The molecular weight excluding hydrogens is 900 g/mol. The Labute approximate surface area is 393 Å². The summed E-state index contributed by atoms with van der Waals surface area (Å²) in [6.45, 7) is 12.1. The molecule has 1 spiro atoms. The average molecular weight is 955 g/mol. The van der Waals surface area contributed by atoms with E-state index in [0.717, 1.165) is 41.3 Å². The monoisotopic (exact) mass is 954 g/mol. The summed E-state index contributed by atoms with van der Waals surface area (Å²) in [5.74, 6) is -2.38. The van der Waals surface area contributed by atoms with E-state index in [4.69, 9.17) is 9.97 Å². The molecule has 1 saturated carbocycles. The van der Waals surface area contributed by atoms with Crippen molar-refractivity contribution in [2.75, 3.05) is 66.5 Å². The van der Waals surface area contributed by atoms with Crippen LogP contribution in [-0.2, 0) is 29.8 Å². The first kappa shape index (κ1) is 46.3. The fourth-order valence-electron chi connectivity index (χ4n) is 9.85. The van der Waals surface area contributed by atoms with Crippen LogP contribution in [0.4, 0.5) is 21.7 Å². The number of halogens is 1. The number of hydrogen-bond donors (Lipinski definition) is 3. The molecule has 0 radical (unpaired) electrons. The predicted octanol–water partition coefficient (Wildman–Crippen LogP) is 5.26. The van der Waals surface area contributed by atoms with E-state index in [1.165, 1.54) is 17.4 Å². The third-order valence-electron chi connectivity index (χ3n) is 13.5. The number of sulfonamides is 1. The van der Waals surface area contributed by atoms with E-state index in [-0.39, 0.29) is 63.8 Å². The first-order chi connectivity index (χ1) is 31.9. The topological polar surface area (TPSA) is 207 Å². The van der Waals surface area contributed by atoms with Gasteiger partial charge >= 0.3 is 0 Å². The Morgan fingerprint density at radius 3 is 2.37 bits per heavy atom. The Bertz CT molecular complexity index is 2750. The first-order valence-corrected chi connectivity index (χ1v) is 25.4. The Kier molecular flexibility index (Phi) is 12.4. The molecule has 2 aromatic heterocycles. The van der Waals surface area contributed by atoms with Gasteiger partial charge in [-0.25, -0.2) is 27.8 Å². The van der Waals surface area contributed by atoms with E-state index < -0.39 is 45.5 Å². The second-order valence-corrected chi connectivity index (χ2v) is 22.2. The van der Waals surface area contributed by atoms with E-state index in [0.29, 0.717) is 74.4 Å². The van der Waals surface area contributed by atoms with E-state index in [2.05, 4.69) is 30.1 Å². The second-order valence-electron chi connectivity index (χ2n) is 19.4. The number of benzene rings is 2. The van der Waals surface area contributed by atoms with E-state index in [1.807, 2.05) is 31.7 Å². The molecule has 6 heterocycles. The molecule has 9 rings (SSSR count). The largest absolute Gasteiger partial charge is 0.369 e. The smallest absolute Gasteiger partial charge is 0.262 e. The van der Waals surface area contributed by atoms with Crippen molar-refractivity contribution in [2.45, 2.75) is 90.1 Å². The Balaban J connectivity index is 0.767. The summed E-state index contributed by atoms with van der Waals surface area (Å²) in [6, 6.07) is 10.7. The van der Waals surface area contributed by atoms with Crippen LogP contribution in [0.1, 0.15) is 98.4 Å². The minimum Gasteiger partial charge on any atom is -0.369 e. The minimum absolute atomic E-state index is 0.0612. The van der Waals surface area contributed by atoms with Gasteiger partial charge < -0.3 is 15.1 Å². The number of aromatic nitrogens is 3. The van der Waals surface area contributed by atoms with E-state index >= 15 is 4.39 Å². The number of likely N-dealkylation sites (tertiary alicyclic amines) is 1. The van der Waals surface area contributed by atoms with Gasteiger partial charge in [0.25, 0.3) is 11.8 Å². The fourth-order valence-corrected chi connectivity index (χ4v) is 12.1. The summed E-state index contributed by atoms with van der Waals surface area (Å²) in [4.78, 5) is 86.4. The zero-order chi connectivity index (χ0) is 47.4. The van der Waals surface area contributed by atoms with Crippen LogP contribution >= 0.6 is 11.3 Å². The molecule has 5 amide bonds. The number of amides is 5. The lowest BCUT2D eigenvalue weighted by molar-refractivity contribution is -0.137. The second kappa shape index (κ2) is 18.0. The number of piperidine rings is 2. The summed E-state index contributed by atoms with van der Waals surface area (Å²) < 4.78 is 43.6. The van der Waals surface area contributed by atoms with Gasteiger partial charge in [0.2, 0.25) is 33.7 Å². The number of carbonyl (C=O) groups is 5. The van der Waals surface area contributed by atoms with Crippen LogP contribution in [0.25, 0.3) is 21.8 Å². The van der Waals surface area contributed by atoms with Crippen LogP contribution in [-0.4, -0.2) is 131 Å². The van der Waals surface area contributed by atoms with Crippen LogP contribution in [0, 0.1) is 11.2 Å². The number of anilines is 3. The molecule has 0 bridgehead atoms. The Hall–Kier alpha value is -5.86. The number of nitrogens with zero attached hydrogens (tertiary/aromatic N) is 7. The van der Waals surface area contributed by atoms with Crippen molar-refractivity contribution in [2.24, 2.45) is 5.41 Å². The van der Waals surface area contributed by atoms with Gasteiger partial charge in [-0.2, -0.15) is 0 Å². The SMILES string of the molecule is CCCS(=O)(=O)Nc1cccc(-c2nc(C(C)(C)C)sc2-c2ccnc(NC3CC4(CCN(C(=O)CN5CCN(c6ccc7c(c6)C(=O)N([C@@H]6CCC(=O)NC6=O)C7=O)CC5)CC4)C3)n2)c1F. The van der Waals surface area contributed by atoms with E-state index in [1.54, 1.807) is 43.5 Å². The number of fused-ring (bicyclic) bond motifs is 1. The predicted molar refractivity (Wildman–Crippen MR) is 252 cm³/mol. The van der Waals surface area contributed by atoms with Crippen LogP contribution in [0.3, 0.4) is 0 Å². The van der Waals surface area contributed by atoms with Crippen molar-refractivity contribution in [1.82, 2.24) is 35.0 Å². The van der Waals surface area contributed by atoms with Crippen LogP contribution < -0.4 is 20.3 Å². The zero-order valence-corrected chi connectivity index (χ0v) is 39.7. The molecule has 2 aromatic carbocycles. The highest BCUT2D eigenvalue weighted by atomic mass is 32.2. The maximum Gasteiger partial charge on any atom is 0.262 e. The molecule has 17 nitrogen and oxygen atoms in total. The summed E-state index contributed by atoms with van der Waals surface area (Å²) in [5, 5.41) is 6.52. The van der Waals surface area contributed by atoms with Gasteiger partial charge in [-0.1, -0.05) is 33.8 Å². The maximum absolute atomic E-state index is 16.1. The Morgan fingerprint density at radius 2 is 1.67 bits per heavy atom. The minimum atomic E-state index is -3.72. The third-order valence-corrected chi connectivity index (χ3v) is 16.5. The van der Waals surface area contributed by atoms with Crippen molar-refractivity contribution in [3.63, 3.8) is 0 Å². The van der Waals surface area contributed by atoms with Gasteiger partial charge in [-0.3, -0.25) is 43.8 Å². The van der Waals surface area contributed by atoms with E-state index in [9.17, 15) is 32.4 Å². The lowest BCUT2D eigenvalue weighted by Crippen LogP contribution is -2.55. The third kappa shape index (κ3) is 9.39. The van der Waals surface area contributed by atoms with Crippen molar-refractivity contribution >= 4 is 68.2 Å². The lowest BCUT2D eigenvalue weighted by atomic mass is 9.60. The average Bonchev–Trinajstić information content (AvgIpc) is 3.83. The molecule has 4 aromatic rings. The molecule has 4 fully saturated rings. The molecule has 67 heavy (non-hydrogen) atoms. The van der Waals surface area contributed by atoms with Crippen molar-refractivity contribution in [1.29, 1.82) is 0 Å². The van der Waals surface area contributed by atoms with Crippen LogP contribution in [0.15, 0.2) is 48.7 Å². The van der Waals surface area contributed by atoms with Gasteiger partial charge in [-0.15, -0.1) is 11.3 Å². The van der Waals surface area contributed by atoms with Gasteiger partial charge in [0.1, 0.15) is 6.04 Å². The summed E-state index contributed by atoms with van der Waals surface area (Å²) >= 11 is 1.43. The zero-order valence-electron chi connectivity index (χ0n) is 38.1. The molecule has 1 aliphatic carbocycles. The molecule has 20 heteroatoms. The quantitative estimate of drug-likeness (QED) is 0.155. The summed E-state index contributed by atoms with van der Waals surface area (Å²) in [6.07, 6.45) is 5.90. The number of thiazole rings is 1. The van der Waals surface area contributed by atoms with Crippen molar-refractivity contribution < 1.29 is 36.8 Å². The van der Waals surface area contributed by atoms with Gasteiger partial charge in [0.15, 0.2) is 5.82 Å². The number of carbonyl (C=O) groups excluding carboxylic acids is 5. The number of nitrogens with one attached hydrogen (secondary N) is 3. The van der Waals surface area contributed by atoms with Crippen LogP contribution in [0.2, 0.25) is 0 Å². The van der Waals surface area contributed by atoms with Crippen LogP contribution in [0.5, 0.6) is 0 Å². The van der Waals surface area contributed by atoms with Crippen molar-refractivity contribution in [3.05, 3.63) is 70.6 Å². The van der Waals surface area contributed by atoms with Gasteiger partial charge in [0, 0.05) is 74.6 Å². The van der Waals surface area contributed by atoms with Gasteiger partial charge in [0.05, 0.1) is 50.4 Å². The molecule has 354 valence electrons. The molecule has 4 aliphatic heterocycles. The molecule has 0 unspecified atom stereocenters. The first-order valence-electron chi connectivity index (χ1n) is 22.9. The number of hydrogen-bond acceptors (Lipinski definition) is 14. The standard InChI is InChI=1S/C47H55FN10O7S2/c1-5-23-67(64,65)54-33-8-6-7-31(38(33)48)39-40(66-44(53-39)46(2,3)4)34-13-16-49-45(51-34)50-28-25-47(26-28)14-17-57(18-15-47)37(60)27-55-19-21-56(22-20-55)29-9-10-30-32(24-29)43(63)58(42(30)62)35-11-12-36(59)52-41(35)61/h6-10,13,16,24,28,35,54H,5,11-12,14-15,17-23,25-27H2,1-4H3,(H,49,50,51)(H,52,59,61)/t35-/m1/s1. The normalized spacial score (nSPS) is 20.3. The highest BCUT2D eigenvalue weighted by molar-refractivity contribution is 7.92. The summed E-state index contributed by atoms with van der Waals surface area (Å²) in [5.41, 5.74) is 2.09. The Morgan fingerprint density at radius 1 is 0.940 bits per heavy atom. The highest BCUT2D eigenvalue weighted by Crippen LogP contribution is 2.50. The summed E-state index contributed by atoms with van der Waals surface area (Å²) in [7, 11) is -3.72. The fraction of sp³-hybridized carbons (Fsp3) is 0.489. The molecule has 3 saturated heterocycles. The van der Waals surface area contributed by atoms with Gasteiger partial charge in [-0.05, 0) is 80.3 Å². The van der Waals surface area contributed by atoms with Crippen molar-refractivity contribution in [3.8, 4) is 21.8 Å². The number of piperazine rings is 1. The lowest BCUT2D eigenvalue weighted by Gasteiger charge is -2.52. The molecule has 3 N–H and O–H groups in total. The molecule has 5 aliphatic rings. The molecular formula is C47H55FN10O7S2. The molecule has 1 atom stereocenters.